The molecule has 2 aromatic rings. The third-order valence-corrected chi connectivity index (χ3v) is 9.81. The van der Waals surface area contributed by atoms with E-state index in [9.17, 15) is 20.3 Å². The van der Waals surface area contributed by atoms with Gasteiger partial charge in [0.05, 0.1) is 28.8 Å². The first-order chi connectivity index (χ1) is 19.8. The van der Waals surface area contributed by atoms with Gasteiger partial charge in [-0.3, -0.25) is 4.79 Å². The zero-order chi connectivity index (χ0) is 30.8. The highest BCUT2D eigenvalue weighted by Gasteiger charge is 2.62. The first kappa shape index (κ1) is 32.6. The van der Waals surface area contributed by atoms with Gasteiger partial charge in [0.2, 0.25) is 5.91 Å². The van der Waals surface area contributed by atoms with Crippen molar-refractivity contribution in [3.05, 3.63) is 69.2 Å². The Morgan fingerprint density at radius 1 is 1.21 bits per heavy atom. The first-order valence-electron chi connectivity index (χ1n) is 14.6. The molecule has 10 heteroatoms. The standard InChI is InChI=1S/C32H39Cl2F2N3O3/c1-18(19-8-5-4-6-9-19)29-32(17-37,22-13-12-20(33)16-24(22)35)26(21-10-7-11-23(34)27(21)36)28(39-29)30(41)38-15-14-25(40)31(2,3)42/h7,10-13,16,18-19,25-26,28-29,39-40,42H,4-6,8-9,14-15H2,1-3H3,(H,38,41)/t18?,25-,26-,28+,29-,32+/m0/s1. The van der Waals surface area contributed by atoms with E-state index >= 15 is 8.78 Å². The van der Waals surface area contributed by atoms with Crippen molar-refractivity contribution in [1.29, 1.82) is 5.26 Å². The number of benzene rings is 2. The lowest BCUT2D eigenvalue weighted by atomic mass is 9.60. The van der Waals surface area contributed by atoms with Gasteiger partial charge in [0.25, 0.3) is 0 Å². The number of halogens is 4. The molecule has 4 N–H and O–H groups in total. The van der Waals surface area contributed by atoms with Crippen molar-refractivity contribution in [2.24, 2.45) is 11.8 Å². The van der Waals surface area contributed by atoms with Crippen molar-refractivity contribution in [1.82, 2.24) is 10.6 Å². The summed E-state index contributed by atoms with van der Waals surface area (Å²) < 4.78 is 31.7. The average molecular weight is 623 g/mol. The highest BCUT2D eigenvalue weighted by atomic mass is 35.5. The fourth-order valence-corrected chi connectivity index (χ4v) is 7.28. The number of rotatable bonds is 9. The Balaban J connectivity index is 1.86. The molecule has 228 valence electrons. The number of carbonyl (C=O) groups is 1. The third kappa shape index (κ3) is 6.32. The summed E-state index contributed by atoms with van der Waals surface area (Å²) in [7, 11) is 0. The van der Waals surface area contributed by atoms with Gasteiger partial charge < -0.3 is 20.8 Å². The van der Waals surface area contributed by atoms with Crippen molar-refractivity contribution in [3.8, 4) is 6.07 Å². The molecule has 0 radical (unpaired) electrons. The van der Waals surface area contributed by atoms with Gasteiger partial charge in [-0.25, -0.2) is 8.78 Å². The van der Waals surface area contributed by atoms with E-state index in [0.29, 0.717) is 0 Å². The summed E-state index contributed by atoms with van der Waals surface area (Å²) in [6, 6.07) is 9.04. The predicted molar refractivity (Wildman–Crippen MR) is 159 cm³/mol. The van der Waals surface area contributed by atoms with Crippen LogP contribution >= 0.6 is 23.2 Å². The Bertz CT molecular complexity index is 1330. The van der Waals surface area contributed by atoms with Gasteiger partial charge in [0, 0.05) is 29.1 Å². The molecule has 0 bridgehead atoms. The number of aliphatic hydroxyl groups is 2. The van der Waals surface area contributed by atoms with E-state index in [2.05, 4.69) is 16.7 Å². The van der Waals surface area contributed by atoms with Crippen LogP contribution < -0.4 is 10.6 Å². The van der Waals surface area contributed by atoms with Crippen molar-refractivity contribution < 1.29 is 23.8 Å². The van der Waals surface area contributed by atoms with E-state index < -0.39 is 52.7 Å². The molecular formula is C32H39Cl2F2N3O3. The van der Waals surface area contributed by atoms with Crippen LogP contribution in [0.2, 0.25) is 10.0 Å². The maximum atomic E-state index is 15.9. The molecule has 2 fully saturated rings. The molecule has 1 unspecified atom stereocenters. The summed E-state index contributed by atoms with van der Waals surface area (Å²) in [4.78, 5) is 13.9. The maximum Gasteiger partial charge on any atom is 0.237 e. The normalized spacial score (nSPS) is 26.4. The van der Waals surface area contributed by atoms with Gasteiger partial charge in [-0.15, -0.1) is 0 Å². The maximum absolute atomic E-state index is 15.9. The lowest BCUT2D eigenvalue weighted by Crippen LogP contribution is -2.49. The van der Waals surface area contributed by atoms with E-state index in [1.807, 2.05) is 6.92 Å². The van der Waals surface area contributed by atoms with Crippen molar-refractivity contribution in [2.45, 2.75) is 94.4 Å². The monoisotopic (exact) mass is 621 g/mol. The Morgan fingerprint density at radius 2 is 1.90 bits per heavy atom. The Morgan fingerprint density at radius 3 is 2.52 bits per heavy atom. The molecule has 1 saturated carbocycles. The number of nitrogens with zero attached hydrogens (tertiary/aromatic N) is 1. The van der Waals surface area contributed by atoms with Crippen LogP contribution in [0.5, 0.6) is 0 Å². The van der Waals surface area contributed by atoms with E-state index in [1.54, 1.807) is 6.07 Å². The second-order valence-electron chi connectivity index (χ2n) is 12.4. The molecule has 2 aromatic carbocycles. The highest BCUT2D eigenvalue weighted by molar-refractivity contribution is 6.31. The van der Waals surface area contributed by atoms with Crippen LogP contribution in [-0.2, 0) is 10.2 Å². The van der Waals surface area contributed by atoms with Crippen LogP contribution in [0.15, 0.2) is 36.4 Å². The fourth-order valence-electron chi connectivity index (χ4n) is 6.94. The lowest BCUT2D eigenvalue weighted by Gasteiger charge is -2.41. The van der Waals surface area contributed by atoms with Gasteiger partial charge >= 0.3 is 0 Å². The summed E-state index contributed by atoms with van der Waals surface area (Å²) in [5.41, 5.74) is -3.01. The molecule has 1 amide bonds. The molecule has 1 aliphatic carbocycles. The average Bonchev–Trinajstić information content (AvgIpc) is 3.29. The van der Waals surface area contributed by atoms with Crippen molar-refractivity contribution in [2.75, 3.05) is 6.54 Å². The van der Waals surface area contributed by atoms with Crippen LogP contribution in [-0.4, -0.2) is 46.5 Å². The minimum atomic E-state index is -1.70. The third-order valence-electron chi connectivity index (χ3n) is 9.29. The quantitative estimate of drug-likeness (QED) is 0.274. The number of hydrogen-bond donors (Lipinski definition) is 4. The number of aliphatic hydroxyl groups excluding tert-OH is 1. The zero-order valence-electron chi connectivity index (χ0n) is 24.1. The van der Waals surface area contributed by atoms with Gasteiger partial charge in [-0.05, 0) is 55.9 Å². The summed E-state index contributed by atoms with van der Waals surface area (Å²) in [5, 5.41) is 37.6. The smallest absolute Gasteiger partial charge is 0.237 e. The second kappa shape index (κ2) is 13.2. The topological polar surface area (TPSA) is 105 Å². The molecule has 0 aromatic heterocycles. The molecule has 1 heterocycles. The lowest BCUT2D eigenvalue weighted by molar-refractivity contribution is -0.123. The van der Waals surface area contributed by atoms with Gasteiger partial charge in [0.1, 0.15) is 17.0 Å². The van der Waals surface area contributed by atoms with E-state index in [1.165, 1.54) is 38.1 Å². The molecule has 6 atom stereocenters. The molecule has 4 rings (SSSR count). The zero-order valence-corrected chi connectivity index (χ0v) is 25.7. The van der Waals surface area contributed by atoms with Gasteiger partial charge in [0.15, 0.2) is 0 Å². The number of amides is 1. The minimum Gasteiger partial charge on any atom is -0.390 e. The molecule has 2 aliphatic rings. The minimum absolute atomic E-state index is 0.0185. The Labute approximate surface area is 256 Å². The van der Waals surface area contributed by atoms with Crippen LogP contribution in [0.4, 0.5) is 8.78 Å². The number of carbonyl (C=O) groups excluding carboxylic acids is 1. The van der Waals surface area contributed by atoms with E-state index in [4.69, 9.17) is 23.2 Å². The molecule has 0 spiro atoms. The molecule has 1 saturated heterocycles. The second-order valence-corrected chi connectivity index (χ2v) is 13.2. The SMILES string of the molecule is CC(C1CCCCC1)[C@@H]1N[C@@H](C(=O)NCC[C@H](O)C(C)(C)O)[C@H](c2cccc(Cl)c2F)[C@@]1(C#N)c1ccc(Cl)cc1F. The number of nitrogens with one attached hydrogen (secondary N) is 2. The highest BCUT2D eigenvalue weighted by Crippen LogP contribution is 2.54. The molecule has 1 aliphatic heterocycles. The summed E-state index contributed by atoms with van der Waals surface area (Å²) in [6.07, 6.45) is 4.03. The van der Waals surface area contributed by atoms with Crippen LogP contribution in [0.1, 0.15) is 76.3 Å². The largest absolute Gasteiger partial charge is 0.390 e. The van der Waals surface area contributed by atoms with Crippen LogP contribution in [0, 0.1) is 34.8 Å². The summed E-state index contributed by atoms with van der Waals surface area (Å²) in [5.74, 6) is -3.14. The van der Waals surface area contributed by atoms with Gasteiger partial charge in [-0.1, -0.05) is 80.4 Å². The van der Waals surface area contributed by atoms with Crippen molar-refractivity contribution >= 4 is 29.1 Å². The van der Waals surface area contributed by atoms with E-state index in [0.717, 1.165) is 38.2 Å². The van der Waals surface area contributed by atoms with Crippen LogP contribution in [0.25, 0.3) is 0 Å². The van der Waals surface area contributed by atoms with Crippen molar-refractivity contribution in [3.63, 3.8) is 0 Å². The molecular weight excluding hydrogens is 583 g/mol. The number of hydrogen-bond acceptors (Lipinski definition) is 5. The van der Waals surface area contributed by atoms with Gasteiger partial charge in [-0.2, -0.15) is 5.26 Å². The van der Waals surface area contributed by atoms with E-state index in [-0.39, 0.29) is 46.0 Å². The Hall–Kier alpha value is -2.28. The predicted octanol–water partition coefficient (Wildman–Crippen LogP) is 6.01. The van der Waals surface area contributed by atoms with Crippen LogP contribution in [0.3, 0.4) is 0 Å². The fraction of sp³-hybridized carbons (Fsp3) is 0.562. The molecule has 42 heavy (non-hydrogen) atoms. The number of nitriles is 1. The Kier molecular flexibility index (Phi) is 10.2. The summed E-state index contributed by atoms with van der Waals surface area (Å²) >= 11 is 12.3. The summed E-state index contributed by atoms with van der Waals surface area (Å²) in [6.45, 7) is 4.97. The first-order valence-corrected chi connectivity index (χ1v) is 15.3. The molecule has 6 nitrogen and oxygen atoms in total.